The summed E-state index contributed by atoms with van der Waals surface area (Å²) in [5, 5.41) is 3.67. The van der Waals surface area contributed by atoms with Crippen molar-refractivity contribution < 1.29 is 0 Å². The molecular formula is C11H12ClN. The van der Waals surface area contributed by atoms with Gasteiger partial charge >= 0.3 is 0 Å². The molecule has 1 aromatic carbocycles. The number of hydrogen-bond acceptors (Lipinski definition) is 1. The van der Waals surface area contributed by atoms with E-state index in [0.717, 1.165) is 16.1 Å². The molecular weight excluding hydrogens is 182 g/mol. The van der Waals surface area contributed by atoms with E-state index < -0.39 is 0 Å². The molecule has 0 unspecified atom stereocenters. The van der Waals surface area contributed by atoms with Gasteiger partial charge in [-0.15, -0.1) is 0 Å². The fourth-order valence-corrected chi connectivity index (χ4v) is 1.23. The predicted molar refractivity (Wildman–Crippen MR) is 59.6 cm³/mol. The van der Waals surface area contributed by atoms with Crippen molar-refractivity contribution >= 4 is 23.8 Å². The van der Waals surface area contributed by atoms with Gasteiger partial charge in [-0.25, -0.2) is 0 Å². The van der Waals surface area contributed by atoms with E-state index in [1.165, 1.54) is 0 Å². The molecule has 0 saturated heterocycles. The normalized spacial score (nSPS) is 10.3. The minimum atomic E-state index is 0.733. The molecule has 1 rings (SSSR count). The van der Waals surface area contributed by atoms with Crippen molar-refractivity contribution in [3.63, 3.8) is 0 Å². The van der Waals surface area contributed by atoms with Crippen LogP contribution in [0.25, 0.3) is 12.2 Å². The topological polar surface area (TPSA) is 12.0 Å². The molecule has 0 fully saturated rings. The second-order valence-electron chi connectivity index (χ2n) is 2.60. The van der Waals surface area contributed by atoms with Crippen LogP contribution < -0.4 is 5.32 Å². The van der Waals surface area contributed by atoms with Crippen molar-refractivity contribution in [3.05, 3.63) is 47.1 Å². The van der Waals surface area contributed by atoms with E-state index in [1.54, 1.807) is 6.08 Å². The third-order valence-electron chi connectivity index (χ3n) is 1.70. The summed E-state index contributed by atoms with van der Waals surface area (Å²) in [6.45, 7) is 3.73. The van der Waals surface area contributed by atoms with Gasteiger partial charge in [0.15, 0.2) is 0 Å². The molecule has 2 heteroatoms. The molecule has 0 aliphatic heterocycles. The van der Waals surface area contributed by atoms with Gasteiger partial charge in [0.25, 0.3) is 0 Å². The maximum Gasteiger partial charge on any atom is 0.0412 e. The van der Waals surface area contributed by atoms with Crippen LogP contribution in [-0.4, -0.2) is 7.05 Å². The molecule has 1 nitrogen and oxygen atoms in total. The monoisotopic (exact) mass is 193 g/mol. The fourth-order valence-electron chi connectivity index (χ4n) is 1.05. The Kier molecular flexibility index (Phi) is 3.59. The van der Waals surface area contributed by atoms with Gasteiger partial charge < -0.3 is 5.32 Å². The first kappa shape index (κ1) is 9.87. The molecule has 0 radical (unpaired) electrons. The highest BCUT2D eigenvalue weighted by molar-refractivity contribution is 6.30. The van der Waals surface area contributed by atoms with Gasteiger partial charge in [0.05, 0.1) is 0 Å². The highest BCUT2D eigenvalue weighted by atomic mass is 35.5. The van der Waals surface area contributed by atoms with Gasteiger partial charge in [-0.2, -0.15) is 0 Å². The fraction of sp³-hybridized carbons (Fsp3) is 0.0909. The number of nitrogens with one attached hydrogen (secondary N) is 1. The Morgan fingerprint density at radius 1 is 1.38 bits per heavy atom. The van der Waals surface area contributed by atoms with E-state index in [9.17, 15) is 0 Å². The summed E-state index contributed by atoms with van der Waals surface area (Å²) in [4.78, 5) is 0. The summed E-state index contributed by atoms with van der Waals surface area (Å²) in [6.07, 6.45) is 5.64. The van der Waals surface area contributed by atoms with E-state index in [4.69, 9.17) is 11.6 Å². The second kappa shape index (κ2) is 4.73. The number of hydrogen-bond donors (Lipinski definition) is 1. The summed E-state index contributed by atoms with van der Waals surface area (Å²) in [5.74, 6) is 0. The molecule has 0 spiro atoms. The highest BCUT2D eigenvalue weighted by Crippen LogP contribution is 2.17. The Labute approximate surface area is 83.7 Å². The molecule has 0 bridgehead atoms. The van der Waals surface area contributed by atoms with Gasteiger partial charge in [-0.1, -0.05) is 30.3 Å². The maximum atomic E-state index is 5.84. The first-order chi connectivity index (χ1) is 6.27. The van der Waals surface area contributed by atoms with Gasteiger partial charge in [-0.05, 0) is 35.5 Å². The van der Waals surface area contributed by atoms with Crippen LogP contribution >= 0.6 is 11.6 Å². The summed E-state index contributed by atoms with van der Waals surface area (Å²) >= 11 is 5.84. The zero-order valence-corrected chi connectivity index (χ0v) is 8.31. The van der Waals surface area contributed by atoms with Crippen molar-refractivity contribution in [1.29, 1.82) is 0 Å². The highest BCUT2D eigenvalue weighted by Gasteiger charge is 1.95. The van der Waals surface area contributed by atoms with Crippen LogP contribution in [0.1, 0.15) is 11.1 Å². The molecule has 0 aliphatic rings. The maximum absolute atomic E-state index is 5.84. The quantitative estimate of drug-likeness (QED) is 0.778. The molecule has 0 heterocycles. The van der Waals surface area contributed by atoms with Crippen LogP contribution in [-0.2, 0) is 0 Å². The molecule has 1 N–H and O–H groups in total. The molecule has 13 heavy (non-hydrogen) atoms. The third kappa shape index (κ3) is 2.63. The first-order valence-electron chi connectivity index (χ1n) is 4.03. The van der Waals surface area contributed by atoms with E-state index in [-0.39, 0.29) is 0 Å². The van der Waals surface area contributed by atoms with Crippen molar-refractivity contribution in [2.45, 2.75) is 0 Å². The lowest BCUT2D eigenvalue weighted by Crippen LogP contribution is -1.91. The summed E-state index contributed by atoms with van der Waals surface area (Å²) < 4.78 is 0. The average molecular weight is 194 g/mol. The molecule has 0 amide bonds. The van der Waals surface area contributed by atoms with Crippen molar-refractivity contribution in [2.75, 3.05) is 7.05 Å². The van der Waals surface area contributed by atoms with Crippen LogP contribution in [0.3, 0.4) is 0 Å². The van der Waals surface area contributed by atoms with E-state index in [0.29, 0.717) is 0 Å². The minimum Gasteiger partial charge on any atom is -0.394 e. The SMILES string of the molecule is C=Cc1cc(Cl)ccc1/C=C\NC. The minimum absolute atomic E-state index is 0.733. The Balaban J connectivity index is 3.06. The standard InChI is InChI=1S/C11H12ClN/c1-3-9-8-11(12)5-4-10(9)6-7-13-2/h3-8,13H,1H2,2H3/b7-6-. The molecule has 68 valence electrons. The number of benzene rings is 1. The zero-order chi connectivity index (χ0) is 9.68. The Bertz CT molecular complexity index is 329. The zero-order valence-electron chi connectivity index (χ0n) is 7.55. The van der Waals surface area contributed by atoms with E-state index >= 15 is 0 Å². The largest absolute Gasteiger partial charge is 0.394 e. The predicted octanol–water partition coefficient (Wildman–Crippen LogP) is 3.17. The summed E-state index contributed by atoms with van der Waals surface area (Å²) in [7, 11) is 1.86. The van der Waals surface area contributed by atoms with Crippen LogP contribution in [0, 0.1) is 0 Å². The molecule has 0 aromatic heterocycles. The smallest absolute Gasteiger partial charge is 0.0412 e. The average Bonchev–Trinajstić information content (AvgIpc) is 2.16. The van der Waals surface area contributed by atoms with Crippen molar-refractivity contribution in [1.82, 2.24) is 5.32 Å². The summed E-state index contributed by atoms with van der Waals surface area (Å²) in [6, 6.07) is 5.72. The lowest BCUT2D eigenvalue weighted by atomic mass is 10.1. The molecule has 0 saturated carbocycles. The lowest BCUT2D eigenvalue weighted by molar-refractivity contribution is 1.11. The Morgan fingerprint density at radius 2 is 2.15 bits per heavy atom. The van der Waals surface area contributed by atoms with Crippen LogP contribution in [0.2, 0.25) is 5.02 Å². The molecule has 0 aliphatic carbocycles. The van der Waals surface area contributed by atoms with E-state index in [2.05, 4.69) is 11.9 Å². The van der Waals surface area contributed by atoms with Crippen LogP contribution in [0.4, 0.5) is 0 Å². The van der Waals surface area contributed by atoms with Gasteiger partial charge in [0.2, 0.25) is 0 Å². The van der Waals surface area contributed by atoms with Crippen LogP contribution in [0.5, 0.6) is 0 Å². The Morgan fingerprint density at radius 3 is 2.77 bits per heavy atom. The van der Waals surface area contributed by atoms with Gasteiger partial charge in [-0.3, -0.25) is 0 Å². The van der Waals surface area contributed by atoms with Crippen molar-refractivity contribution in [3.8, 4) is 0 Å². The van der Waals surface area contributed by atoms with Crippen molar-refractivity contribution in [2.24, 2.45) is 0 Å². The van der Waals surface area contributed by atoms with Gasteiger partial charge in [0.1, 0.15) is 0 Å². The first-order valence-corrected chi connectivity index (χ1v) is 4.41. The van der Waals surface area contributed by atoms with Gasteiger partial charge in [0, 0.05) is 12.1 Å². The van der Waals surface area contributed by atoms with E-state index in [1.807, 2.05) is 37.5 Å². The number of rotatable bonds is 3. The third-order valence-corrected chi connectivity index (χ3v) is 1.93. The molecule has 0 atom stereocenters. The molecule has 1 aromatic rings. The summed E-state index contributed by atoms with van der Waals surface area (Å²) in [5.41, 5.74) is 2.15. The number of halogens is 1. The lowest BCUT2D eigenvalue weighted by Gasteiger charge is -2.00. The Hall–Kier alpha value is -1.21. The van der Waals surface area contributed by atoms with Crippen LogP contribution in [0.15, 0.2) is 31.0 Å². The second-order valence-corrected chi connectivity index (χ2v) is 3.04.